The van der Waals surface area contributed by atoms with Crippen molar-refractivity contribution < 1.29 is 27.6 Å². The first-order chi connectivity index (χ1) is 19.1. The summed E-state index contributed by atoms with van der Waals surface area (Å²) in [6.07, 6.45) is 2.84. The van der Waals surface area contributed by atoms with E-state index in [-0.39, 0.29) is 34.3 Å². The Labute approximate surface area is 233 Å². The monoisotopic (exact) mass is 570 g/mol. The molecule has 3 unspecified atom stereocenters. The van der Waals surface area contributed by atoms with Crippen molar-refractivity contribution in [2.75, 3.05) is 4.90 Å². The van der Waals surface area contributed by atoms with Crippen LogP contribution in [0.15, 0.2) is 67.0 Å². The second-order valence-corrected chi connectivity index (χ2v) is 10.5. The van der Waals surface area contributed by atoms with E-state index in [4.69, 9.17) is 11.6 Å². The molecule has 208 valence electrons. The average molecular weight is 571 g/mol. The van der Waals surface area contributed by atoms with E-state index in [9.17, 15) is 27.6 Å². The molecule has 0 saturated heterocycles. The van der Waals surface area contributed by atoms with Crippen molar-refractivity contribution in [2.45, 2.75) is 56.0 Å². The summed E-state index contributed by atoms with van der Waals surface area (Å²) < 4.78 is 41.7. The van der Waals surface area contributed by atoms with E-state index in [0.717, 1.165) is 11.0 Å². The topological polar surface area (TPSA) is 92.3 Å². The maximum atomic E-state index is 14.5. The van der Waals surface area contributed by atoms with E-state index >= 15 is 0 Å². The SMILES string of the molecule is O=C1CCCC(C(=O)N(c2cccc(F)c2)C(C(=O)NC2CC(F)(F)C2)c2ccccc2Cl)C1c1ncccn1. The third kappa shape index (κ3) is 5.72. The molecule has 3 atom stereocenters. The Morgan fingerprint density at radius 3 is 2.45 bits per heavy atom. The minimum absolute atomic E-state index is 0.0507. The number of Topliss-reactive ketones (excluding diaryl/α,β-unsaturated/α-hetero) is 1. The van der Waals surface area contributed by atoms with Crippen molar-refractivity contribution in [2.24, 2.45) is 5.92 Å². The van der Waals surface area contributed by atoms with Crippen LogP contribution in [0, 0.1) is 11.7 Å². The number of aromatic nitrogens is 2. The van der Waals surface area contributed by atoms with Gasteiger partial charge >= 0.3 is 0 Å². The van der Waals surface area contributed by atoms with Gasteiger partial charge < -0.3 is 5.32 Å². The number of alkyl halides is 2. The molecule has 0 spiro atoms. The molecular weight excluding hydrogens is 545 g/mol. The Kier molecular flexibility index (Phi) is 7.89. The largest absolute Gasteiger partial charge is 0.351 e. The minimum atomic E-state index is -2.89. The van der Waals surface area contributed by atoms with Crippen molar-refractivity contribution in [3.8, 4) is 0 Å². The van der Waals surface area contributed by atoms with Crippen LogP contribution in [-0.2, 0) is 14.4 Å². The fraction of sp³-hybridized carbons (Fsp3) is 0.345. The minimum Gasteiger partial charge on any atom is -0.351 e. The summed E-state index contributed by atoms with van der Waals surface area (Å²) in [7, 11) is 0. The summed E-state index contributed by atoms with van der Waals surface area (Å²) in [5.74, 6) is -6.89. The number of ketones is 1. The van der Waals surface area contributed by atoms with E-state index in [1.54, 1.807) is 24.3 Å². The van der Waals surface area contributed by atoms with Gasteiger partial charge in [-0.25, -0.2) is 23.1 Å². The van der Waals surface area contributed by atoms with E-state index in [1.165, 1.54) is 36.7 Å². The van der Waals surface area contributed by atoms with Crippen molar-refractivity contribution in [1.82, 2.24) is 15.3 Å². The summed E-state index contributed by atoms with van der Waals surface area (Å²) in [4.78, 5) is 51.0. The standard InChI is InChI=1S/C29H26ClF3N4O3/c30-22-10-2-1-8-20(22)25(27(39)36-18-15-29(32,33)16-18)37(19-7-3-6-17(31)14-19)28(40)21-9-4-11-23(38)24(21)26-34-12-5-13-35-26/h1-3,5-8,10,12-14,18,21,24-25H,4,9,11,15-16H2,(H,36,39). The molecule has 2 aliphatic rings. The fourth-order valence-corrected chi connectivity index (χ4v) is 5.69. The van der Waals surface area contributed by atoms with E-state index in [1.807, 2.05) is 0 Å². The number of halogens is 4. The molecule has 2 aromatic carbocycles. The number of hydrogen-bond acceptors (Lipinski definition) is 5. The Bertz CT molecular complexity index is 1420. The van der Waals surface area contributed by atoms with Gasteiger partial charge in [-0.1, -0.05) is 35.9 Å². The summed E-state index contributed by atoms with van der Waals surface area (Å²) in [5, 5.41) is 2.77. The van der Waals surface area contributed by atoms with Gasteiger partial charge in [0.05, 0.1) is 11.8 Å². The number of hydrogen-bond donors (Lipinski definition) is 1. The van der Waals surface area contributed by atoms with Crippen LogP contribution < -0.4 is 10.2 Å². The van der Waals surface area contributed by atoms with Gasteiger partial charge in [-0.3, -0.25) is 19.3 Å². The van der Waals surface area contributed by atoms with Crippen LogP contribution in [0.3, 0.4) is 0 Å². The summed E-state index contributed by atoms with van der Waals surface area (Å²) in [6, 6.07) is 10.8. The quantitative estimate of drug-likeness (QED) is 0.410. The van der Waals surface area contributed by atoms with Crippen molar-refractivity contribution in [1.29, 1.82) is 0 Å². The van der Waals surface area contributed by atoms with Crippen molar-refractivity contribution in [3.05, 3.63) is 89.2 Å². The summed E-state index contributed by atoms with van der Waals surface area (Å²) in [6.45, 7) is 0. The Hall–Kier alpha value is -3.79. The molecule has 1 N–H and O–H groups in total. The normalized spacial score (nSPS) is 21.2. The van der Waals surface area contributed by atoms with Crippen LogP contribution in [0.4, 0.5) is 18.9 Å². The predicted molar refractivity (Wildman–Crippen MR) is 141 cm³/mol. The number of nitrogens with one attached hydrogen (secondary N) is 1. The third-order valence-corrected chi connectivity index (χ3v) is 7.68. The number of carbonyl (C=O) groups is 3. The van der Waals surface area contributed by atoms with Crippen LogP contribution in [0.1, 0.15) is 55.5 Å². The van der Waals surface area contributed by atoms with Crippen LogP contribution in [0.2, 0.25) is 5.02 Å². The number of rotatable bonds is 7. The molecule has 2 fully saturated rings. The average Bonchev–Trinajstić information content (AvgIpc) is 2.91. The number of anilines is 1. The van der Waals surface area contributed by atoms with Gasteiger partial charge in [0, 0.05) is 54.0 Å². The number of nitrogens with zero attached hydrogens (tertiary/aromatic N) is 3. The second kappa shape index (κ2) is 11.4. The molecule has 1 heterocycles. The molecule has 2 aliphatic carbocycles. The Morgan fingerprint density at radius 2 is 1.77 bits per heavy atom. The van der Waals surface area contributed by atoms with Gasteiger partial charge in [-0.05, 0) is 43.2 Å². The zero-order valence-electron chi connectivity index (χ0n) is 21.3. The number of benzene rings is 2. The highest BCUT2D eigenvalue weighted by Crippen LogP contribution is 2.41. The molecule has 1 aromatic heterocycles. The van der Waals surface area contributed by atoms with Gasteiger partial charge in [0.1, 0.15) is 23.5 Å². The molecule has 3 aromatic rings. The first kappa shape index (κ1) is 27.8. The van der Waals surface area contributed by atoms with Crippen LogP contribution in [0.25, 0.3) is 0 Å². The van der Waals surface area contributed by atoms with Crippen molar-refractivity contribution >= 4 is 34.9 Å². The maximum absolute atomic E-state index is 14.5. The Morgan fingerprint density at radius 1 is 1.05 bits per heavy atom. The van der Waals surface area contributed by atoms with Crippen LogP contribution in [0.5, 0.6) is 0 Å². The first-order valence-corrected chi connectivity index (χ1v) is 13.3. The molecule has 7 nitrogen and oxygen atoms in total. The van der Waals surface area contributed by atoms with E-state index in [2.05, 4.69) is 15.3 Å². The van der Waals surface area contributed by atoms with Gasteiger partial charge in [0.25, 0.3) is 5.92 Å². The zero-order valence-corrected chi connectivity index (χ0v) is 22.0. The second-order valence-electron chi connectivity index (χ2n) is 10.1. The highest BCUT2D eigenvalue weighted by molar-refractivity contribution is 6.31. The van der Waals surface area contributed by atoms with E-state index in [0.29, 0.717) is 12.8 Å². The number of carbonyl (C=O) groups excluding carboxylic acids is 3. The molecular formula is C29H26ClF3N4O3. The van der Waals surface area contributed by atoms with E-state index < -0.39 is 60.3 Å². The molecule has 0 radical (unpaired) electrons. The van der Waals surface area contributed by atoms with Crippen LogP contribution in [-0.4, -0.2) is 39.5 Å². The lowest BCUT2D eigenvalue weighted by Gasteiger charge is -2.40. The van der Waals surface area contributed by atoms with Crippen LogP contribution >= 0.6 is 11.6 Å². The maximum Gasteiger partial charge on any atom is 0.252 e. The zero-order chi connectivity index (χ0) is 28.4. The molecule has 5 rings (SSSR count). The molecule has 2 amide bonds. The molecule has 0 bridgehead atoms. The lowest BCUT2D eigenvalue weighted by molar-refractivity contribution is -0.135. The highest BCUT2D eigenvalue weighted by Gasteiger charge is 2.48. The highest BCUT2D eigenvalue weighted by atomic mass is 35.5. The number of amides is 2. The summed E-state index contributed by atoms with van der Waals surface area (Å²) in [5.41, 5.74) is 0.273. The third-order valence-electron chi connectivity index (χ3n) is 7.34. The smallest absolute Gasteiger partial charge is 0.252 e. The Balaban J connectivity index is 1.61. The molecule has 2 saturated carbocycles. The van der Waals surface area contributed by atoms with Gasteiger partial charge in [-0.15, -0.1) is 0 Å². The fourth-order valence-electron chi connectivity index (χ4n) is 5.45. The lowest BCUT2D eigenvalue weighted by Crippen LogP contribution is -2.55. The lowest BCUT2D eigenvalue weighted by atomic mass is 9.76. The van der Waals surface area contributed by atoms with Gasteiger partial charge in [0.2, 0.25) is 11.8 Å². The molecule has 40 heavy (non-hydrogen) atoms. The van der Waals surface area contributed by atoms with Gasteiger partial charge in [0.15, 0.2) is 0 Å². The predicted octanol–water partition coefficient (Wildman–Crippen LogP) is 5.41. The van der Waals surface area contributed by atoms with Crippen molar-refractivity contribution in [3.63, 3.8) is 0 Å². The molecule has 0 aliphatic heterocycles. The first-order valence-electron chi connectivity index (χ1n) is 13.0. The molecule has 11 heteroatoms. The summed E-state index contributed by atoms with van der Waals surface area (Å²) >= 11 is 6.51. The van der Waals surface area contributed by atoms with Gasteiger partial charge in [-0.2, -0.15) is 0 Å².